The molecule has 1 aliphatic rings. The van der Waals surface area contributed by atoms with Crippen LogP contribution in [-0.2, 0) is 6.54 Å². The van der Waals surface area contributed by atoms with Gasteiger partial charge in [-0.05, 0) is 31.5 Å². The third kappa shape index (κ3) is 3.19. The van der Waals surface area contributed by atoms with Gasteiger partial charge in [0.05, 0.1) is 14.2 Å². The van der Waals surface area contributed by atoms with Crippen LogP contribution in [0.1, 0.15) is 19.4 Å². The molecule has 1 aromatic rings. The van der Waals surface area contributed by atoms with Crippen LogP contribution in [-0.4, -0.2) is 44.3 Å². The van der Waals surface area contributed by atoms with Gasteiger partial charge < -0.3 is 14.8 Å². The molecular formula is C15H24N2O2. The fourth-order valence-electron chi connectivity index (χ4n) is 2.67. The first-order chi connectivity index (χ1) is 9.15. The lowest BCUT2D eigenvalue weighted by Gasteiger charge is -2.39. The number of rotatable bonds is 4. The minimum Gasteiger partial charge on any atom is -0.493 e. The summed E-state index contributed by atoms with van der Waals surface area (Å²) in [6, 6.07) is 7.27. The first-order valence-electron chi connectivity index (χ1n) is 6.83. The van der Waals surface area contributed by atoms with Crippen LogP contribution in [0.15, 0.2) is 18.2 Å². The van der Waals surface area contributed by atoms with E-state index in [0.29, 0.717) is 12.1 Å². The summed E-state index contributed by atoms with van der Waals surface area (Å²) >= 11 is 0. The van der Waals surface area contributed by atoms with Crippen LogP contribution < -0.4 is 14.8 Å². The van der Waals surface area contributed by atoms with E-state index in [1.807, 2.05) is 6.07 Å². The predicted octanol–water partition coefficient (Wildman–Crippen LogP) is 1.89. The van der Waals surface area contributed by atoms with Crippen LogP contribution in [0.3, 0.4) is 0 Å². The Balaban J connectivity index is 2.13. The van der Waals surface area contributed by atoms with Gasteiger partial charge in [-0.15, -0.1) is 0 Å². The van der Waals surface area contributed by atoms with Gasteiger partial charge in [-0.1, -0.05) is 6.07 Å². The summed E-state index contributed by atoms with van der Waals surface area (Å²) in [5.74, 6) is 1.59. The number of hydrogen-bond donors (Lipinski definition) is 1. The highest BCUT2D eigenvalue weighted by atomic mass is 16.5. The second-order valence-corrected chi connectivity index (χ2v) is 5.22. The van der Waals surface area contributed by atoms with Crippen molar-refractivity contribution in [2.45, 2.75) is 32.5 Å². The van der Waals surface area contributed by atoms with Crippen molar-refractivity contribution in [3.8, 4) is 11.5 Å². The summed E-state index contributed by atoms with van der Waals surface area (Å²) in [5, 5.41) is 3.45. The highest BCUT2D eigenvalue weighted by Crippen LogP contribution is 2.28. The molecule has 2 rings (SSSR count). The highest BCUT2D eigenvalue weighted by Gasteiger charge is 2.24. The Bertz CT molecular complexity index is 413. The molecule has 106 valence electrons. The Hall–Kier alpha value is -1.26. The van der Waals surface area contributed by atoms with Gasteiger partial charge in [0.2, 0.25) is 0 Å². The van der Waals surface area contributed by atoms with Crippen LogP contribution >= 0.6 is 0 Å². The van der Waals surface area contributed by atoms with Gasteiger partial charge >= 0.3 is 0 Å². The Morgan fingerprint density at radius 3 is 2.32 bits per heavy atom. The molecule has 2 atom stereocenters. The molecule has 1 aliphatic heterocycles. The fraction of sp³-hybridized carbons (Fsp3) is 0.600. The van der Waals surface area contributed by atoms with E-state index >= 15 is 0 Å². The number of nitrogens with one attached hydrogen (secondary N) is 1. The second-order valence-electron chi connectivity index (χ2n) is 5.22. The summed E-state index contributed by atoms with van der Waals surface area (Å²) in [4.78, 5) is 2.53. The van der Waals surface area contributed by atoms with E-state index in [1.54, 1.807) is 14.2 Å². The van der Waals surface area contributed by atoms with E-state index in [4.69, 9.17) is 9.47 Å². The fourth-order valence-corrected chi connectivity index (χ4v) is 2.67. The molecule has 2 unspecified atom stereocenters. The monoisotopic (exact) mass is 264 g/mol. The summed E-state index contributed by atoms with van der Waals surface area (Å²) in [6.07, 6.45) is 0. The molecule has 4 nitrogen and oxygen atoms in total. The van der Waals surface area contributed by atoms with E-state index in [1.165, 1.54) is 5.56 Å². The molecule has 0 spiro atoms. The number of methoxy groups -OCH3 is 2. The van der Waals surface area contributed by atoms with Crippen molar-refractivity contribution >= 4 is 0 Å². The molecule has 1 N–H and O–H groups in total. The molecule has 1 fully saturated rings. The number of hydrogen-bond acceptors (Lipinski definition) is 4. The Labute approximate surface area is 115 Å². The van der Waals surface area contributed by atoms with E-state index in [0.717, 1.165) is 31.1 Å². The van der Waals surface area contributed by atoms with Crippen molar-refractivity contribution in [2.24, 2.45) is 0 Å². The molecule has 19 heavy (non-hydrogen) atoms. The van der Waals surface area contributed by atoms with E-state index in [9.17, 15) is 0 Å². The highest BCUT2D eigenvalue weighted by molar-refractivity contribution is 5.42. The van der Waals surface area contributed by atoms with Gasteiger partial charge in [0.1, 0.15) is 0 Å². The Morgan fingerprint density at radius 1 is 1.11 bits per heavy atom. The van der Waals surface area contributed by atoms with Crippen molar-refractivity contribution in [2.75, 3.05) is 27.3 Å². The number of ether oxygens (including phenoxy) is 2. The predicted molar refractivity (Wildman–Crippen MR) is 76.9 cm³/mol. The molecule has 0 bridgehead atoms. The summed E-state index contributed by atoms with van der Waals surface area (Å²) in [5.41, 5.74) is 1.26. The maximum Gasteiger partial charge on any atom is 0.161 e. The van der Waals surface area contributed by atoms with E-state index < -0.39 is 0 Å². The SMILES string of the molecule is COc1ccc(CN2C(C)CNCC2C)cc1OC. The number of benzene rings is 1. The van der Waals surface area contributed by atoms with E-state index in [2.05, 4.69) is 36.2 Å². The van der Waals surface area contributed by atoms with Crippen molar-refractivity contribution in [1.29, 1.82) is 0 Å². The van der Waals surface area contributed by atoms with E-state index in [-0.39, 0.29) is 0 Å². The lowest BCUT2D eigenvalue weighted by Crippen LogP contribution is -2.54. The maximum atomic E-state index is 5.36. The minimum absolute atomic E-state index is 0.553. The lowest BCUT2D eigenvalue weighted by molar-refractivity contribution is 0.108. The molecule has 0 aliphatic carbocycles. The van der Waals surface area contributed by atoms with Crippen LogP contribution in [0.4, 0.5) is 0 Å². The smallest absolute Gasteiger partial charge is 0.161 e. The first kappa shape index (κ1) is 14.2. The molecule has 1 saturated heterocycles. The topological polar surface area (TPSA) is 33.7 Å². The number of piperazine rings is 1. The standard InChI is InChI=1S/C15H24N2O2/c1-11-8-16-9-12(2)17(11)10-13-5-6-14(18-3)15(7-13)19-4/h5-7,11-12,16H,8-10H2,1-4H3. The normalized spacial score (nSPS) is 24.2. The van der Waals surface area contributed by atoms with Crippen molar-refractivity contribution < 1.29 is 9.47 Å². The average Bonchev–Trinajstić information content (AvgIpc) is 2.42. The Morgan fingerprint density at radius 2 is 1.74 bits per heavy atom. The molecule has 0 saturated carbocycles. The molecule has 1 aromatic carbocycles. The average molecular weight is 264 g/mol. The number of nitrogens with zero attached hydrogens (tertiary/aromatic N) is 1. The Kier molecular flexibility index (Phi) is 4.66. The van der Waals surface area contributed by atoms with Gasteiger partial charge in [-0.25, -0.2) is 0 Å². The van der Waals surface area contributed by atoms with Crippen LogP contribution in [0.5, 0.6) is 11.5 Å². The largest absolute Gasteiger partial charge is 0.493 e. The second kappa shape index (κ2) is 6.26. The van der Waals surface area contributed by atoms with Crippen LogP contribution in [0.2, 0.25) is 0 Å². The summed E-state index contributed by atoms with van der Waals surface area (Å²) in [7, 11) is 3.34. The molecule has 0 amide bonds. The molecule has 0 aromatic heterocycles. The molecule has 4 heteroatoms. The van der Waals surface area contributed by atoms with Crippen molar-refractivity contribution in [3.63, 3.8) is 0 Å². The first-order valence-corrected chi connectivity index (χ1v) is 6.83. The van der Waals surface area contributed by atoms with Gasteiger partial charge in [0.25, 0.3) is 0 Å². The van der Waals surface area contributed by atoms with Gasteiger partial charge in [0, 0.05) is 31.7 Å². The molecular weight excluding hydrogens is 240 g/mol. The van der Waals surface area contributed by atoms with Crippen molar-refractivity contribution in [1.82, 2.24) is 10.2 Å². The van der Waals surface area contributed by atoms with Crippen LogP contribution in [0.25, 0.3) is 0 Å². The quantitative estimate of drug-likeness (QED) is 0.900. The molecule has 0 radical (unpaired) electrons. The zero-order chi connectivity index (χ0) is 13.8. The van der Waals surface area contributed by atoms with Gasteiger partial charge in [-0.3, -0.25) is 4.90 Å². The van der Waals surface area contributed by atoms with Crippen molar-refractivity contribution in [3.05, 3.63) is 23.8 Å². The lowest BCUT2D eigenvalue weighted by atomic mass is 10.1. The summed E-state index contributed by atoms with van der Waals surface area (Å²) in [6.45, 7) is 7.59. The van der Waals surface area contributed by atoms with Gasteiger partial charge in [0.15, 0.2) is 11.5 Å². The third-order valence-electron chi connectivity index (χ3n) is 3.82. The molecule has 1 heterocycles. The van der Waals surface area contributed by atoms with Gasteiger partial charge in [-0.2, -0.15) is 0 Å². The zero-order valence-electron chi connectivity index (χ0n) is 12.3. The summed E-state index contributed by atoms with van der Waals surface area (Å²) < 4.78 is 10.6. The third-order valence-corrected chi connectivity index (χ3v) is 3.82. The minimum atomic E-state index is 0.553. The zero-order valence-corrected chi connectivity index (χ0v) is 12.3. The van der Waals surface area contributed by atoms with Crippen LogP contribution in [0, 0.1) is 0 Å². The maximum absolute atomic E-state index is 5.36.